The summed E-state index contributed by atoms with van der Waals surface area (Å²) in [7, 11) is 0. The molecular formula is C31H68. The smallest absolute Gasteiger partial charge is 0.0292 e. The molecule has 1 aliphatic rings. The van der Waals surface area contributed by atoms with Gasteiger partial charge in [-0.05, 0) is 80.5 Å². The highest BCUT2D eigenvalue weighted by molar-refractivity contribution is 5.06. The molecule has 0 fully saturated rings. The minimum atomic E-state index is 0.501. The molecule has 0 bridgehead atoms. The summed E-state index contributed by atoms with van der Waals surface area (Å²) in [5.41, 5.74) is 2.13. The lowest BCUT2D eigenvalue weighted by Crippen LogP contribution is -2.24. The first-order chi connectivity index (χ1) is 14.6. The average molecular weight is 441 g/mol. The van der Waals surface area contributed by atoms with Gasteiger partial charge in [-0.2, -0.15) is 0 Å². The second-order valence-electron chi connectivity index (χ2n) is 10.0. The Kier molecular flexibility index (Phi) is 29.9. The van der Waals surface area contributed by atoms with Gasteiger partial charge in [0.2, 0.25) is 0 Å². The van der Waals surface area contributed by atoms with Crippen molar-refractivity contribution in [1.29, 1.82) is 0 Å². The lowest BCUT2D eigenvalue weighted by molar-refractivity contribution is 0.160. The SMILES string of the molecule is CC.CC.CC.CC.CCC(C)(C)CC(CC(C)CC1CC=C(C)C1)C(C)CC(C)C. The second-order valence-corrected chi connectivity index (χ2v) is 10.0. The Morgan fingerprint density at radius 1 is 0.871 bits per heavy atom. The molecule has 0 aromatic rings. The van der Waals surface area contributed by atoms with E-state index in [1.807, 2.05) is 55.4 Å². The van der Waals surface area contributed by atoms with Crippen LogP contribution in [0.2, 0.25) is 0 Å². The molecule has 0 saturated heterocycles. The van der Waals surface area contributed by atoms with Crippen LogP contribution >= 0.6 is 0 Å². The number of hydrogen-bond donors (Lipinski definition) is 0. The monoisotopic (exact) mass is 441 g/mol. The van der Waals surface area contributed by atoms with Crippen LogP contribution in [-0.2, 0) is 0 Å². The molecule has 0 heteroatoms. The molecule has 0 radical (unpaired) electrons. The quantitative estimate of drug-likeness (QED) is 0.296. The zero-order valence-corrected chi connectivity index (χ0v) is 25.4. The third-order valence-corrected chi connectivity index (χ3v) is 6.27. The van der Waals surface area contributed by atoms with Crippen LogP contribution in [0.3, 0.4) is 0 Å². The van der Waals surface area contributed by atoms with E-state index in [0.717, 1.165) is 29.6 Å². The fourth-order valence-corrected chi connectivity index (χ4v) is 4.66. The third-order valence-electron chi connectivity index (χ3n) is 6.27. The molecule has 4 unspecified atom stereocenters. The molecule has 192 valence electrons. The molecule has 31 heavy (non-hydrogen) atoms. The molecule has 0 N–H and O–H groups in total. The van der Waals surface area contributed by atoms with Gasteiger partial charge < -0.3 is 0 Å². The number of rotatable bonds is 10. The summed E-state index contributed by atoms with van der Waals surface area (Å²) in [4.78, 5) is 0. The van der Waals surface area contributed by atoms with Gasteiger partial charge in [-0.1, -0.05) is 122 Å². The Bertz CT molecular complexity index is 360. The lowest BCUT2D eigenvalue weighted by Gasteiger charge is -2.35. The molecule has 1 aliphatic carbocycles. The Labute approximate surface area is 202 Å². The van der Waals surface area contributed by atoms with Crippen LogP contribution in [0.5, 0.6) is 0 Å². The highest BCUT2D eigenvalue weighted by Gasteiger charge is 2.28. The van der Waals surface area contributed by atoms with Crippen molar-refractivity contribution in [3.8, 4) is 0 Å². The summed E-state index contributed by atoms with van der Waals surface area (Å²) in [5, 5.41) is 0. The van der Waals surface area contributed by atoms with Crippen molar-refractivity contribution < 1.29 is 0 Å². The van der Waals surface area contributed by atoms with E-state index in [1.165, 1.54) is 44.9 Å². The van der Waals surface area contributed by atoms with Gasteiger partial charge in [0, 0.05) is 0 Å². The fraction of sp³-hybridized carbons (Fsp3) is 0.935. The van der Waals surface area contributed by atoms with E-state index < -0.39 is 0 Å². The zero-order valence-electron chi connectivity index (χ0n) is 25.4. The standard InChI is InChI=1S/C23H44.4C2H6/c1-9-23(7,8)16-22(20(6)12-17(2)3)15-19(5)14-21-11-10-18(4)13-21;4*1-2/h10,17,19-22H,9,11-16H2,1-8H3;4*1-2H3. The van der Waals surface area contributed by atoms with E-state index in [9.17, 15) is 0 Å². The van der Waals surface area contributed by atoms with Gasteiger partial charge >= 0.3 is 0 Å². The molecule has 0 spiro atoms. The Morgan fingerprint density at radius 2 is 1.35 bits per heavy atom. The maximum absolute atomic E-state index is 2.52. The van der Waals surface area contributed by atoms with Crippen LogP contribution in [-0.4, -0.2) is 0 Å². The summed E-state index contributed by atoms with van der Waals surface area (Å²) in [5.74, 6) is 4.41. The van der Waals surface area contributed by atoms with Crippen LogP contribution in [0.25, 0.3) is 0 Å². The van der Waals surface area contributed by atoms with E-state index in [4.69, 9.17) is 0 Å². The molecule has 0 saturated carbocycles. The Morgan fingerprint density at radius 3 is 1.71 bits per heavy atom. The van der Waals surface area contributed by atoms with E-state index in [-0.39, 0.29) is 0 Å². The van der Waals surface area contributed by atoms with Gasteiger partial charge in [0.15, 0.2) is 0 Å². The van der Waals surface area contributed by atoms with Crippen LogP contribution in [0, 0.1) is 35.0 Å². The Hall–Kier alpha value is -0.260. The molecule has 0 aliphatic heterocycles. The third kappa shape index (κ3) is 21.3. The zero-order chi connectivity index (χ0) is 25.6. The number of hydrogen-bond acceptors (Lipinski definition) is 0. The van der Waals surface area contributed by atoms with Crippen molar-refractivity contribution in [2.45, 2.75) is 156 Å². The van der Waals surface area contributed by atoms with E-state index in [1.54, 1.807) is 5.57 Å². The highest BCUT2D eigenvalue weighted by Crippen LogP contribution is 2.40. The van der Waals surface area contributed by atoms with Crippen LogP contribution in [0.15, 0.2) is 11.6 Å². The van der Waals surface area contributed by atoms with Crippen molar-refractivity contribution in [3.63, 3.8) is 0 Å². The summed E-state index contributed by atoms with van der Waals surface area (Å²) in [6, 6.07) is 0. The molecule has 1 rings (SSSR count). The lowest BCUT2D eigenvalue weighted by atomic mass is 9.71. The van der Waals surface area contributed by atoms with Crippen LogP contribution in [0.4, 0.5) is 0 Å². The van der Waals surface area contributed by atoms with Gasteiger partial charge in [-0.3, -0.25) is 0 Å². The van der Waals surface area contributed by atoms with Crippen LogP contribution in [0.1, 0.15) is 156 Å². The molecule has 0 aromatic carbocycles. The fourth-order valence-electron chi connectivity index (χ4n) is 4.66. The predicted octanol–water partition coefficient (Wildman–Crippen LogP) is 12.0. The summed E-state index contributed by atoms with van der Waals surface area (Å²) in [6.07, 6.45) is 12.1. The van der Waals surface area contributed by atoms with E-state index in [2.05, 4.69) is 61.5 Å². The first kappa shape index (κ1) is 38.0. The Balaban J connectivity index is -0.000000407. The molecular weight excluding hydrogens is 372 g/mol. The molecule has 0 nitrogen and oxygen atoms in total. The minimum Gasteiger partial charge on any atom is -0.0853 e. The molecule has 0 aromatic heterocycles. The summed E-state index contributed by atoms with van der Waals surface area (Å²) in [6.45, 7) is 35.4. The minimum absolute atomic E-state index is 0.501. The van der Waals surface area contributed by atoms with Gasteiger partial charge in [0.25, 0.3) is 0 Å². The normalized spacial score (nSPS) is 17.8. The first-order valence-electron chi connectivity index (χ1n) is 14.3. The first-order valence-corrected chi connectivity index (χ1v) is 14.3. The van der Waals surface area contributed by atoms with Crippen molar-refractivity contribution in [2.24, 2.45) is 35.0 Å². The predicted molar refractivity (Wildman–Crippen MR) is 151 cm³/mol. The molecule has 0 amide bonds. The van der Waals surface area contributed by atoms with Crippen LogP contribution < -0.4 is 0 Å². The maximum Gasteiger partial charge on any atom is -0.0292 e. The van der Waals surface area contributed by atoms with Gasteiger partial charge in [0.1, 0.15) is 0 Å². The highest BCUT2D eigenvalue weighted by atomic mass is 14.3. The van der Waals surface area contributed by atoms with Crippen molar-refractivity contribution in [2.75, 3.05) is 0 Å². The molecule has 4 atom stereocenters. The topological polar surface area (TPSA) is 0 Å². The second kappa shape index (κ2) is 24.4. The average Bonchev–Trinajstić information content (AvgIpc) is 3.17. The largest absolute Gasteiger partial charge is 0.0853 e. The molecule has 0 heterocycles. The summed E-state index contributed by atoms with van der Waals surface area (Å²) >= 11 is 0. The van der Waals surface area contributed by atoms with Crippen molar-refractivity contribution in [1.82, 2.24) is 0 Å². The van der Waals surface area contributed by atoms with E-state index in [0.29, 0.717) is 5.41 Å². The van der Waals surface area contributed by atoms with E-state index >= 15 is 0 Å². The van der Waals surface area contributed by atoms with Crippen molar-refractivity contribution in [3.05, 3.63) is 11.6 Å². The van der Waals surface area contributed by atoms with Crippen molar-refractivity contribution >= 4 is 0 Å². The van der Waals surface area contributed by atoms with Gasteiger partial charge in [0.05, 0.1) is 0 Å². The summed E-state index contributed by atoms with van der Waals surface area (Å²) < 4.78 is 0. The maximum atomic E-state index is 2.52. The van der Waals surface area contributed by atoms with Gasteiger partial charge in [-0.25, -0.2) is 0 Å². The number of allylic oxidation sites excluding steroid dienone is 2. The van der Waals surface area contributed by atoms with Gasteiger partial charge in [-0.15, -0.1) is 0 Å².